The zero-order chi connectivity index (χ0) is 17.8. The fourth-order valence-corrected chi connectivity index (χ4v) is 4.80. The summed E-state index contributed by atoms with van der Waals surface area (Å²) in [6.07, 6.45) is 8.93. The summed E-state index contributed by atoms with van der Waals surface area (Å²) >= 11 is 1.75. The second kappa shape index (κ2) is 8.13. The third-order valence-electron chi connectivity index (χ3n) is 5.12. The van der Waals surface area contributed by atoms with Gasteiger partial charge >= 0.3 is 0 Å². The summed E-state index contributed by atoms with van der Waals surface area (Å²) in [5.74, 6) is -0.202. The summed E-state index contributed by atoms with van der Waals surface area (Å²) in [5, 5.41) is 4.12. The number of fused-ring (bicyclic) bond motifs is 1. The standard InChI is InChI=1S/C19H27N3O2S/c1-3-17(23)22-11-7-8-14(12-22)18(24)20-13(2)19-21-15-9-5-4-6-10-16(15)25-19/h3,13-14H,1,4-12H2,2H3,(H,20,24). The van der Waals surface area contributed by atoms with Crippen molar-refractivity contribution in [1.29, 1.82) is 0 Å². The Hall–Kier alpha value is -1.69. The summed E-state index contributed by atoms with van der Waals surface area (Å²) in [6.45, 7) is 6.73. The van der Waals surface area contributed by atoms with Crippen molar-refractivity contribution in [2.45, 2.75) is 57.9 Å². The molecule has 2 heterocycles. The van der Waals surface area contributed by atoms with Gasteiger partial charge in [0.15, 0.2) is 0 Å². The molecule has 2 amide bonds. The van der Waals surface area contributed by atoms with Crippen molar-refractivity contribution in [2.24, 2.45) is 5.92 Å². The number of nitrogens with one attached hydrogen (secondary N) is 1. The minimum absolute atomic E-state index is 0.0273. The first-order chi connectivity index (χ1) is 12.1. The van der Waals surface area contributed by atoms with E-state index in [2.05, 4.69) is 11.9 Å². The number of nitrogens with zero attached hydrogens (tertiary/aromatic N) is 2. The maximum absolute atomic E-state index is 12.6. The maximum Gasteiger partial charge on any atom is 0.245 e. The molecule has 0 aromatic carbocycles. The molecule has 1 aliphatic carbocycles. The fourth-order valence-electron chi connectivity index (χ4n) is 3.65. The van der Waals surface area contributed by atoms with E-state index in [-0.39, 0.29) is 23.8 Å². The highest BCUT2D eigenvalue weighted by Gasteiger charge is 2.29. The van der Waals surface area contributed by atoms with Crippen LogP contribution in [0.4, 0.5) is 0 Å². The minimum atomic E-state index is -0.141. The summed E-state index contributed by atoms with van der Waals surface area (Å²) in [5.41, 5.74) is 1.24. The monoisotopic (exact) mass is 361 g/mol. The van der Waals surface area contributed by atoms with Gasteiger partial charge in [-0.1, -0.05) is 13.0 Å². The van der Waals surface area contributed by atoms with Gasteiger partial charge in [0.2, 0.25) is 11.8 Å². The van der Waals surface area contributed by atoms with Crippen molar-refractivity contribution in [3.05, 3.63) is 28.2 Å². The highest BCUT2D eigenvalue weighted by Crippen LogP contribution is 2.29. The van der Waals surface area contributed by atoms with Crippen molar-refractivity contribution in [3.63, 3.8) is 0 Å². The average molecular weight is 362 g/mol. The van der Waals surface area contributed by atoms with E-state index in [0.717, 1.165) is 30.7 Å². The molecule has 3 rings (SSSR count). The number of rotatable bonds is 4. The molecule has 0 spiro atoms. The van der Waals surface area contributed by atoms with Gasteiger partial charge in [-0.25, -0.2) is 4.98 Å². The van der Waals surface area contributed by atoms with Crippen LogP contribution >= 0.6 is 11.3 Å². The predicted molar refractivity (Wildman–Crippen MR) is 99.4 cm³/mol. The van der Waals surface area contributed by atoms with E-state index in [1.807, 2.05) is 6.92 Å². The SMILES string of the molecule is C=CC(=O)N1CCCC(C(=O)NC(C)c2nc3c(s2)CCCCC3)C1. The van der Waals surface area contributed by atoms with Crippen molar-refractivity contribution in [1.82, 2.24) is 15.2 Å². The Morgan fingerprint density at radius 3 is 2.92 bits per heavy atom. The molecule has 1 N–H and O–H groups in total. The number of piperidine rings is 1. The highest BCUT2D eigenvalue weighted by atomic mass is 32.1. The zero-order valence-electron chi connectivity index (χ0n) is 14.9. The molecule has 1 aromatic rings. The third kappa shape index (κ3) is 4.29. The molecule has 0 saturated carbocycles. The number of amides is 2. The molecule has 25 heavy (non-hydrogen) atoms. The molecule has 1 saturated heterocycles. The lowest BCUT2D eigenvalue weighted by Crippen LogP contribution is -2.45. The Kier molecular flexibility index (Phi) is 5.89. The van der Waals surface area contributed by atoms with Crippen molar-refractivity contribution < 1.29 is 9.59 Å². The number of aryl methyl sites for hydroxylation is 2. The van der Waals surface area contributed by atoms with Crippen LogP contribution < -0.4 is 5.32 Å². The van der Waals surface area contributed by atoms with Gasteiger partial charge in [-0.3, -0.25) is 9.59 Å². The van der Waals surface area contributed by atoms with Gasteiger partial charge in [-0.15, -0.1) is 11.3 Å². The van der Waals surface area contributed by atoms with E-state index in [4.69, 9.17) is 4.98 Å². The Labute approximate surface area is 153 Å². The number of aromatic nitrogens is 1. The third-order valence-corrected chi connectivity index (χ3v) is 6.46. The quantitative estimate of drug-likeness (QED) is 0.662. The van der Waals surface area contributed by atoms with Gasteiger partial charge < -0.3 is 10.2 Å². The van der Waals surface area contributed by atoms with Crippen LogP contribution in [0.3, 0.4) is 0 Å². The number of thiazole rings is 1. The van der Waals surface area contributed by atoms with E-state index >= 15 is 0 Å². The Morgan fingerprint density at radius 1 is 1.32 bits per heavy atom. The van der Waals surface area contributed by atoms with Crippen LogP contribution in [0.15, 0.2) is 12.7 Å². The molecule has 1 aromatic heterocycles. The highest BCUT2D eigenvalue weighted by molar-refractivity contribution is 7.11. The number of hydrogen-bond acceptors (Lipinski definition) is 4. The molecule has 136 valence electrons. The molecule has 1 aliphatic heterocycles. The van der Waals surface area contributed by atoms with Crippen LogP contribution in [0.5, 0.6) is 0 Å². The van der Waals surface area contributed by atoms with Crippen LogP contribution in [0.25, 0.3) is 0 Å². The van der Waals surface area contributed by atoms with E-state index in [1.165, 1.54) is 35.9 Å². The summed E-state index contributed by atoms with van der Waals surface area (Å²) in [7, 11) is 0. The Bertz CT molecular complexity index is 632. The second-order valence-corrected chi connectivity index (χ2v) is 8.16. The van der Waals surface area contributed by atoms with Crippen LogP contribution in [0.2, 0.25) is 0 Å². The number of carbonyl (C=O) groups excluding carboxylic acids is 2. The molecule has 0 bridgehead atoms. The first-order valence-electron chi connectivity index (χ1n) is 9.28. The smallest absolute Gasteiger partial charge is 0.245 e. The largest absolute Gasteiger partial charge is 0.347 e. The number of likely N-dealkylation sites (tertiary alicyclic amines) is 1. The molecule has 2 unspecified atom stereocenters. The van der Waals surface area contributed by atoms with Gasteiger partial charge in [0, 0.05) is 18.0 Å². The summed E-state index contributed by atoms with van der Waals surface area (Å²) < 4.78 is 0. The summed E-state index contributed by atoms with van der Waals surface area (Å²) in [4.78, 5) is 32.3. The lowest BCUT2D eigenvalue weighted by Gasteiger charge is -2.31. The summed E-state index contributed by atoms with van der Waals surface area (Å²) in [6, 6.07) is -0.0742. The number of carbonyl (C=O) groups is 2. The molecular weight excluding hydrogens is 334 g/mol. The predicted octanol–water partition coefficient (Wildman–Crippen LogP) is 3.01. The van der Waals surface area contributed by atoms with Gasteiger partial charge in [0.25, 0.3) is 0 Å². The zero-order valence-corrected chi connectivity index (χ0v) is 15.7. The van der Waals surface area contributed by atoms with Crippen LogP contribution in [0.1, 0.15) is 60.6 Å². The number of hydrogen-bond donors (Lipinski definition) is 1. The van der Waals surface area contributed by atoms with Crippen LogP contribution in [0, 0.1) is 5.92 Å². The first-order valence-corrected chi connectivity index (χ1v) is 10.1. The molecular formula is C19H27N3O2S. The molecule has 5 nitrogen and oxygen atoms in total. The second-order valence-electron chi connectivity index (χ2n) is 7.04. The first kappa shape index (κ1) is 18.1. The lowest BCUT2D eigenvalue weighted by molar-refractivity contribution is -0.132. The molecule has 2 atom stereocenters. The van der Waals surface area contributed by atoms with Crippen LogP contribution in [-0.2, 0) is 22.4 Å². The minimum Gasteiger partial charge on any atom is -0.347 e. The lowest BCUT2D eigenvalue weighted by atomic mass is 9.96. The molecule has 6 heteroatoms. The van der Waals surface area contributed by atoms with Crippen molar-refractivity contribution in [3.8, 4) is 0 Å². The van der Waals surface area contributed by atoms with Crippen molar-refractivity contribution in [2.75, 3.05) is 13.1 Å². The molecule has 2 aliphatic rings. The van der Waals surface area contributed by atoms with Gasteiger partial charge in [-0.2, -0.15) is 0 Å². The fraction of sp³-hybridized carbons (Fsp3) is 0.632. The maximum atomic E-state index is 12.6. The van der Waals surface area contributed by atoms with E-state index in [1.54, 1.807) is 16.2 Å². The van der Waals surface area contributed by atoms with Crippen LogP contribution in [-0.4, -0.2) is 34.8 Å². The Balaban J connectivity index is 1.60. The van der Waals surface area contributed by atoms with Crippen molar-refractivity contribution >= 4 is 23.2 Å². The van der Waals surface area contributed by atoms with Gasteiger partial charge in [-0.05, 0) is 51.5 Å². The normalized spacial score (nSPS) is 21.8. The van der Waals surface area contributed by atoms with E-state index in [9.17, 15) is 9.59 Å². The van der Waals surface area contributed by atoms with Gasteiger partial charge in [0.1, 0.15) is 5.01 Å². The van der Waals surface area contributed by atoms with E-state index < -0.39 is 0 Å². The van der Waals surface area contributed by atoms with Gasteiger partial charge in [0.05, 0.1) is 17.7 Å². The molecule has 0 radical (unpaired) electrons. The topological polar surface area (TPSA) is 62.3 Å². The Morgan fingerprint density at radius 2 is 2.12 bits per heavy atom. The van der Waals surface area contributed by atoms with E-state index in [0.29, 0.717) is 13.1 Å². The molecule has 1 fully saturated rings. The average Bonchev–Trinajstić information content (AvgIpc) is 2.92.